The van der Waals surface area contributed by atoms with Crippen LogP contribution in [-0.2, 0) is 65.4 Å². The maximum Gasteiger partial charge on any atom is 0.472 e. The highest BCUT2D eigenvalue weighted by Crippen LogP contribution is 2.45. The van der Waals surface area contributed by atoms with Crippen molar-refractivity contribution in [1.82, 2.24) is 0 Å². The molecule has 0 aliphatic rings. The van der Waals surface area contributed by atoms with Crippen molar-refractivity contribution in [3.05, 3.63) is 0 Å². The highest BCUT2D eigenvalue weighted by atomic mass is 31.2. The Hall–Kier alpha value is -1.94. The lowest BCUT2D eigenvalue weighted by atomic mass is 10.00. The number of aliphatic hydroxyl groups excluding tert-OH is 1. The fourth-order valence-electron chi connectivity index (χ4n) is 10.7. The smallest absolute Gasteiger partial charge is 0.462 e. The lowest BCUT2D eigenvalue weighted by Crippen LogP contribution is -2.30. The number of rotatable bonds is 69. The van der Waals surface area contributed by atoms with Gasteiger partial charge in [-0.05, 0) is 43.4 Å². The zero-order valence-electron chi connectivity index (χ0n) is 58.6. The normalized spacial score (nSPS) is 14.5. The molecule has 0 aromatic rings. The molecule has 0 fully saturated rings. The van der Waals surface area contributed by atoms with Crippen LogP contribution in [0.1, 0.15) is 357 Å². The molecule has 3 N–H and O–H groups in total. The molecule has 0 heterocycles. The monoisotopic (exact) mass is 1320 g/mol. The average molecular weight is 1330 g/mol. The molecule has 17 nitrogen and oxygen atoms in total. The molecule has 3 unspecified atom stereocenters. The van der Waals surface area contributed by atoms with Gasteiger partial charge in [0.05, 0.1) is 26.4 Å². The second-order valence-electron chi connectivity index (χ2n) is 26.8. The fourth-order valence-corrected chi connectivity index (χ4v) is 12.3. The maximum absolute atomic E-state index is 13.0. The average Bonchev–Trinajstić information content (AvgIpc) is 2.39. The molecule has 0 radical (unpaired) electrons. The maximum atomic E-state index is 13.0. The van der Waals surface area contributed by atoms with E-state index in [9.17, 15) is 43.2 Å². The van der Waals surface area contributed by atoms with Gasteiger partial charge in [-0.15, -0.1) is 0 Å². The van der Waals surface area contributed by atoms with Gasteiger partial charge in [0.25, 0.3) is 0 Å². The molecular weight excluding hydrogens is 1190 g/mol. The number of unbranched alkanes of at least 4 members (excludes halogenated alkanes) is 36. The van der Waals surface area contributed by atoms with Gasteiger partial charge in [-0.2, -0.15) is 0 Å². The van der Waals surface area contributed by atoms with Gasteiger partial charge in [0.2, 0.25) is 0 Å². The minimum Gasteiger partial charge on any atom is -0.462 e. The van der Waals surface area contributed by atoms with Crippen molar-refractivity contribution in [3.8, 4) is 0 Å². The van der Waals surface area contributed by atoms with Gasteiger partial charge in [0.15, 0.2) is 12.2 Å². The van der Waals surface area contributed by atoms with E-state index in [-0.39, 0.29) is 25.7 Å². The Kier molecular flexibility index (Phi) is 60.6. The second kappa shape index (κ2) is 61.9. The van der Waals surface area contributed by atoms with E-state index in [1.807, 2.05) is 0 Å². The van der Waals surface area contributed by atoms with Crippen LogP contribution < -0.4 is 0 Å². The van der Waals surface area contributed by atoms with Gasteiger partial charge in [-0.1, -0.05) is 305 Å². The van der Waals surface area contributed by atoms with Crippen molar-refractivity contribution in [2.75, 3.05) is 39.6 Å². The lowest BCUT2D eigenvalue weighted by Gasteiger charge is -2.21. The molecule has 0 saturated heterocycles. The van der Waals surface area contributed by atoms with E-state index in [0.29, 0.717) is 31.6 Å². The van der Waals surface area contributed by atoms with Crippen molar-refractivity contribution in [3.63, 3.8) is 0 Å². The highest BCUT2D eigenvalue weighted by molar-refractivity contribution is 7.47. The third-order valence-electron chi connectivity index (χ3n) is 16.7. The van der Waals surface area contributed by atoms with Crippen LogP contribution in [0.5, 0.6) is 0 Å². The summed E-state index contributed by atoms with van der Waals surface area (Å²) in [6.07, 6.45) is 46.1. The molecule has 0 aromatic heterocycles. The number of hydrogen-bond donors (Lipinski definition) is 3. The Labute approximate surface area is 549 Å². The number of phosphoric ester groups is 2. The van der Waals surface area contributed by atoms with E-state index in [1.54, 1.807) is 0 Å². The van der Waals surface area contributed by atoms with Gasteiger partial charge in [0, 0.05) is 25.7 Å². The Morgan fingerprint density at radius 3 is 0.844 bits per heavy atom. The first-order chi connectivity index (χ1) is 43.3. The number of phosphoric acid groups is 2. The Morgan fingerprint density at radius 1 is 0.322 bits per heavy atom. The van der Waals surface area contributed by atoms with Crippen LogP contribution in [0.3, 0.4) is 0 Å². The minimum absolute atomic E-state index is 0.103. The third kappa shape index (κ3) is 63.5. The minimum atomic E-state index is -4.95. The van der Waals surface area contributed by atoms with Crippen molar-refractivity contribution in [2.24, 2.45) is 17.8 Å². The second-order valence-corrected chi connectivity index (χ2v) is 29.7. The number of hydrogen-bond acceptors (Lipinski definition) is 15. The summed E-state index contributed by atoms with van der Waals surface area (Å²) in [7, 11) is -9.90. The Morgan fingerprint density at radius 2 is 0.567 bits per heavy atom. The predicted octanol–water partition coefficient (Wildman–Crippen LogP) is 20.2. The summed E-state index contributed by atoms with van der Waals surface area (Å²) in [4.78, 5) is 72.4. The van der Waals surface area contributed by atoms with E-state index >= 15 is 0 Å². The molecule has 0 aromatic carbocycles. The first-order valence-corrected chi connectivity index (χ1v) is 39.9. The lowest BCUT2D eigenvalue weighted by molar-refractivity contribution is -0.161. The van der Waals surface area contributed by atoms with Crippen LogP contribution in [0.4, 0.5) is 0 Å². The first-order valence-electron chi connectivity index (χ1n) is 36.9. The van der Waals surface area contributed by atoms with Gasteiger partial charge in [-0.3, -0.25) is 37.3 Å². The van der Waals surface area contributed by atoms with Gasteiger partial charge >= 0.3 is 39.5 Å². The molecular formula is C71H138O17P2. The predicted molar refractivity (Wildman–Crippen MR) is 363 cm³/mol. The van der Waals surface area contributed by atoms with Crippen molar-refractivity contribution >= 4 is 39.5 Å². The largest absolute Gasteiger partial charge is 0.472 e. The molecule has 534 valence electrons. The molecule has 0 bridgehead atoms. The summed E-state index contributed by atoms with van der Waals surface area (Å²) in [6.45, 7) is 11.8. The van der Waals surface area contributed by atoms with E-state index in [0.717, 1.165) is 108 Å². The van der Waals surface area contributed by atoms with Crippen molar-refractivity contribution < 1.29 is 80.2 Å². The Bertz CT molecular complexity index is 1770. The number of aliphatic hydroxyl groups is 1. The summed E-state index contributed by atoms with van der Waals surface area (Å²) in [5, 5.41) is 10.6. The van der Waals surface area contributed by atoms with E-state index < -0.39 is 97.5 Å². The van der Waals surface area contributed by atoms with Gasteiger partial charge in [-0.25, -0.2) is 9.13 Å². The first kappa shape index (κ1) is 88.1. The fraction of sp³-hybridized carbons (Fsp3) is 0.944. The number of ether oxygens (including phenoxy) is 4. The zero-order chi connectivity index (χ0) is 66.6. The number of carbonyl (C=O) groups is 4. The van der Waals surface area contributed by atoms with Crippen LogP contribution in [0.15, 0.2) is 0 Å². The zero-order valence-corrected chi connectivity index (χ0v) is 60.4. The van der Waals surface area contributed by atoms with Crippen LogP contribution in [0.25, 0.3) is 0 Å². The number of esters is 4. The standard InChI is InChI=1S/C71H138O17P2/c1-8-10-11-12-13-24-30-38-45-52-68(73)81-59-67(88-71(76)55-48-41-34-33-37-44-51-64(7)9-2)61-86-90(79,80)84-57-65(72)56-83-89(77,78)85-60-66(58-82-69(74)53-46-39-32-27-29-36-43-50-63(5)6)87-70(75)54-47-40-31-26-23-21-19-17-15-14-16-18-20-22-25-28-35-42-49-62(3)4/h62-67,72H,8-61H2,1-7H3,(H,77,78)(H,79,80)/t64?,65-,66-,67-/m1/s1. The van der Waals surface area contributed by atoms with Crippen molar-refractivity contribution in [2.45, 2.75) is 375 Å². The van der Waals surface area contributed by atoms with Crippen LogP contribution >= 0.6 is 15.6 Å². The Balaban J connectivity index is 5.15. The van der Waals surface area contributed by atoms with E-state index in [4.69, 9.17) is 37.0 Å². The van der Waals surface area contributed by atoms with Gasteiger partial charge < -0.3 is 33.8 Å². The summed E-state index contributed by atoms with van der Waals surface area (Å²) in [5.74, 6) is 0.115. The van der Waals surface area contributed by atoms with Crippen LogP contribution in [-0.4, -0.2) is 96.7 Å². The molecule has 0 spiro atoms. The third-order valence-corrected chi connectivity index (χ3v) is 18.6. The quantitative estimate of drug-likeness (QED) is 0.0222. The summed E-state index contributed by atoms with van der Waals surface area (Å²) in [5.41, 5.74) is 0. The molecule has 0 aliphatic carbocycles. The van der Waals surface area contributed by atoms with E-state index in [2.05, 4.69) is 48.5 Å². The van der Waals surface area contributed by atoms with E-state index in [1.165, 1.54) is 161 Å². The summed E-state index contributed by atoms with van der Waals surface area (Å²) < 4.78 is 68.2. The summed E-state index contributed by atoms with van der Waals surface area (Å²) >= 11 is 0. The molecule has 0 aliphatic heterocycles. The summed E-state index contributed by atoms with van der Waals surface area (Å²) in [6, 6.07) is 0. The molecule has 0 amide bonds. The molecule has 90 heavy (non-hydrogen) atoms. The molecule has 0 rings (SSSR count). The molecule has 0 saturated carbocycles. The van der Waals surface area contributed by atoms with Crippen molar-refractivity contribution in [1.29, 1.82) is 0 Å². The molecule has 6 atom stereocenters. The molecule has 19 heteroatoms. The van der Waals surface area contributed by atoms with Gasteiger partial charge in [0.1, 0.15) is 19.3 Å². The number of carbonyl (C=O) groups excluding carboxylic acids is 4. The SMILES string of the molecule is CCCCCCCCCCCC(=O)OC[C@H](COP(=O)(O)OC[C@H](O)COP(=O)(O)OC[C@@H](COC(=O)CCCCCCCCCC(C)C)OC(=O)CCCCCCCCCCCCCCCCCCCCC(C)C)OC(=O)CCCCCCCCC(C)CC. The van der Waals surface area contributed by atoms with Crippen LogP contribution in [0.2, 0.25) is 0 Å². The van der Waals surface area contributed by atoms with Crippen LogP contribution in [0, 0.1) is 17.8 Å². The topological polar surface area (TPSA) is 237 Å². The highest BCUT2D eigenvalue weighted by Gasteiger charge is 2.30.